The third kappa shape index (κ3) is 2.80. The second kappa shape index (κ2) is 5.54. The number of nitrogens with one attached hydrogen (secondary N) is 1. The fraction of sp³-hybridized carbons (Fsp3) is 0.267. The lowest BCUT2D eigenvalue weighted by molar-refractivity contribution is 0.207. The standard InChI is InChI=1S/C15H18N2O/c1-3-16-15(18)17(2)11-12-8-9-13-6-4-5-7-14(13)10-12/h4-10H,3,11H2,1-2H3,(H,16,18). The molecule has 0 saturated carbocycles. The first-order valence-corrected chi connectivity index (χ1v) is 6.17. The van der Waals surface area contributed by atoms with E-state index in [9.17, 15) is 4.79 Å². The van der Waals surface area contributed by atoms with Gasteiger partial charge in [-0.25, -0.2) is 4.79 Å². The van der Waals surface area contributed by atoms with Gasteiger partial charge >= 0.3 is 6.03 Å². The molecule has 0 aromatic heterocycles. The Morgan fingerprint density at radius 3 is 2.61 bits per heavy atom. The predicted molar refractivity (Wildman–Crippen MR) is 74.5 cm³/mol. The van der Waals surface area contributed by atoms with Crippen LogP contribution in [0.5, 0.6) is 0 Å². The van der Waals surface area contributed by atoms with Crippen LogP contribution in [0.15, 0.2) is 42.5 Å². The van der Waals surface area contributed by atoms with Crippen molar-refractivity contribution in [3.05, 3.63) is 48.0 Å². The maximum absolute atomic E-state index is 11.6. The number of carbonyl (C=O) groups excluding carboxylic acids is 1. The summed E-state index contributed by atoms with van der Waals surface area (Å²) in [6.07, 6.45) is 0. The third-order valence-corrected chi connectivity index (χ3v) is 2.91. The minimum absolute atomic E-state index is 0.0364. The van der Waals surface area contributed by atoms with E-state index in [1.165, 1.54) is 10.8 Å². The summed E-state index contributed by atoms with van der Waals surface area (Å²) in [5, 5.41) is 5.22. The van der Waals surface area contributed by atoms with Crippen LogP contribution in [0.2, 0.25) is 0 Å². The van der Waals surface area contributed by atoms with E-state index in [-0.39, 0.29) is 6.03 Å². The number of urea groups is 1. The minimum Gasteiger partial charge on any atom is -0.338 e. The summed E-state index contributed by atoms with van der Waals surface area (Å²) in [4.78, 5) is 13.3. The predicted octanol–water partition coefficient (Wildman–Crippen LogP) is 3.00. The molecular formula is C15H18N2O. The van der Waals surface area contributed by atoms with Gasteiger partial charge in [0.1, 0.15) is 0 Å². The van der Waals surface area contributed by atoms with Crippen molar-refractivity contribution in [3.63, 3.8) is 0 Å². The quantitative estimate of drug-likeness (QED) is 0.881. The topological polar surface area (TPSA) is 32.3 Å². The Kier molecular flexibility index (Phi) is 3.82. The second-order valence-electron chi connectivity index (χ2n) is 4.37. The fourth-order valence-electron chi connectivity index (χ4n) is 1.97. The number of hydrogen-bond donors (Lipinski definition) is 1. The molecule has 94 valence electrons. The first kappa shape index (κ1) is 12.4. The highest BCUT2D eigenvalue weighted by atomic mass is 16.2. The van der Waals surface area contributed by atoms with Gasteiger partial charge in [0.2, 0.25) is 0 Å². The van der Waals surface area contributed by atoms with Crippen LogP contribution in [0.3, 0.4) is 0 Å². The summed E-state index contributed by atoms with van der Waals surface area (Å²) in [5.74, 6) is 0. The van der Waals surface area contributed by atoms with Crippen molar-refractivity contribution >= 4 is 16.8 Å². The highest BCUT2D eigenvalue weighted by Gasteiger charge is 2.07. The molecule has 2 aromatic rings. The molecule has 0 aliphatic carbocycles. The first-order valence-electron chi connectivity index (χ1n) is 6.17. The largest absolute Gasteiger partial charge is 0.338 e. The van der Waals surface area contributed by atoms with Gasteiger partial charge in [0.15, 0.2) is 0 Å². The van der Waals surface area contributed by atoms with Crippen molar-refractivity contribution < 1.29 is 4.79 Å². The summed E-state index contributed by atoms with van der Waals surface area (Å²) < 4.78 is 0. The third-order valence-electron chi connectivity index (χ3n) is 2.91. The van der Waals surface area contributed by atoms with Gasteiger partial charge < -0.3 is 10.2 Å². The first-order chi connectivity index (χ1) is 8.70. The van der Waals surface area contributed by atoms with Crippen LogP contribution in [0.4, 0.5) is 4.79 Å². The number of nitrogens with zero attached hydrogens (tertiary/aromatic N) is 1. The SMILES string of the molecule is CCNC(=O)N(C)Cc1ccc2ccccc2c1. The molecule has 0 unspecified atom stereocenters. The van der Waals surface area contributed by atoms with Crippen LogP contribution < -0.4 is 5.32 Å². The van der Waals surface area contributed by atoms with Gasteiger partial charge in [-0.05, 0) is 29.3 Å². The Morgan fingerprint density at radius 1 is 1.17 bits per heavy atom. The molecule has 0 bridgehead atoms. The molecule has 18 heavy (non-hydrogen) atoms. The van der Waals surface area contributed by atoms with E-state index in [2.05, 4.69) is 35.6 Å². The lowest BCUT2D eigenvalue weighted by Gasteiger charge is -2.17. The molecule has 0 radical (unpaired) electrons. The van der Waals surface area contributed by atoms with Crippen LogP contribution >= 0.6 is 0 Å². The van der Waals surface area contributed by atoms with Gasteiger partial charge in [-0.1, -0.05) is 36.4 Å². The van der Waals surface area contributed by atoms with E-state index in [0.29, 0.717) is 13.1 Å². The minimum atomic E-state index is -0.0364. The number of benzene rings is 2. The van der Waals surface area contributed by atoms with E-state index in [0.717, 1.165) is 5.56 Å². The zero-order chi connectivity index (χ0) is 13.0. The van der Waals surface area contributed by atoms with Crippen LogP contribution in [0.25, 0.3) is 10.8 Å². The molecule has 0 heterocycles. The number of rotatable bonds is 3. The summed E-state index contributed by atoms with van der Waals surface area (Å²) in [6, 6.07) is 14.5. The molecule has 0 saturated heterocycles. The van der Waals surface area contributed by atoms with Crippen molar-refractivity contribution in [3.8, 4) is 0 Å². The molecule has 0 spiro atoms. The summed E-state index contributed by atoms with van der Waals surface area (Å²) in [7, 11) is 1.81. The van der Waals surface area contributed by atoms with Gasteiger partial charge in [-0.3, -0.25) is 0 Å². The molecule has 3 heteroatoms. The summed E-state index contributed by atoms with van der Waals surface area (Å²) in [6.45, 7) is 3.19. The number of hydrogen-bond acceptors (Lipinski definition) is 1. The zero-order valence-corrected chi connectivity index (χ0v) is 10.8. The lowest BCUT2D eigenvalue weighted by Crippen LogP contribution is -2.36. The molecule has 1 N–H and O–H groups in total. The van der Waals surface area contributed by atoms with E-state index < -0.39 is 0 Å². The Labute approximate surface area is 107 Å². The smallest absolute Gasteiger partial charge is 0.317 e. The van der Waals surface area contributed by atoms with Gasteiger partial charge in [0, 0.05) is 20.1 Å². The van der Waals surface area contributed by atoms with Crippen molar-refractivity contribution in [2.45, 2.75) is 13.5 Å². The van der Waals surface area contributed by atoms with Gasteiger partial charge in [-0.15, -0.1) is 0 Å². The summed E-state index contributed by atoms with van der Waals surface area (Å²) >= 11 is 0. The zero-order valence-electron chi connectivity index (χ0n) is 10.8. The Morgan fingerprint density at radius 2 is 1.89 bits per heavy atom. The van der Waals surface area contributed by atoms with Crippen molar-refractivity contribution in [2.24, 2.45) is 0 Å². The normalized spacial score (nSPS) is 10.3. The van der Waals surface area contributed by atoms with Crippen molar-refractivity contribution in [1.82, 2.24) is 10.2 Å². The van der Waals surface area contributed by atoms with Crippen LogP contribution in [-0.2, 0) is 6.54 Å². The maximum atomic E-state index is 11.6. The average Bonchev–Trinajstić information content (AvgIpc) is 2.39. The van der Waals surface area contributed by atoms with E-state index >= 15 is 0 Å². The number of carbonyl (C=O) groups is 1. The van der Waals surface area contributed by atoms with Crippen molar-refractivity contribution in [2.75, 3.05) is 13.6 Å². The highest BCUT2D eigenvalue weighted by molar-refractivity contribution is 5.83. The fourth-order valence-corrected chi connectivity index (χ4v) is 1.97. The van der Waals surface area contributed by atoms with E-state index in [1.807, 2.05) is 19.1 Å². The Balaban J connectivity index is 2.14. The molecule has 2 aromatic carbocycles. The highest BCUT2D eigenvalue weighted by Crippen LogP contribution is 2.16. The lowest BCUT2D eigenvalue weighted by atomic mass is 10.1. The molecule has 2 amide bonds. The van der Waals surface area contributed by atoms with E-state index in [1.54, 1.807) is 11.9 Å². The molecule has 0 fully saturated rings. The van der Waals surface area contributed by atoms with Crippen LogP contribution in [-0.4, -0.2) is 24.5 Å². The molecule has 3 nitrogen and oxygen atoms in total. The Bertz CT molecular complexity index is 551. The molecule has 0 aliphatic rings. The second-order valence-corrected chi connectivity index (χ2v) is 4.37. The maximum Gasteiger partial charge on any atom is 0.317 e. The van der Waals surface area contributed by atoms with Crippen LogP contribution in [0, 0.1) is 0 Å². The molecule has 2 rings (SSSR count). The average molecular weight is 242 g/mol. The van der Waals surface area contributed by atoms with Crippen LogP contribution in [0.1, 0.15) is 12.5 Å². The molecular weight excluding hydrogens is 224 g/mol. The van der Waals surface area contributed by atoms with E-state index in [4.69, 9.17) is 0 Å². The van der Waals surface area contributed by atoms with Gasteiger partial charge in [0.25, 0.3) is 0 Å². The summed E-state index contributed by atoms with van der Waals surface area (Å²) in [5.41, 5.74) is 1.14. The number of amides is 2. The number of fused-ring (bicyclic) bond motifs is 1. The van der Waals surface area contributed by atoms with Gasteiger partial charge in [-0.2, -0.15) is 0 Å². The monoisotopic (exact) mass is 242 g/mol. The Hall–Kier alpha value is -2.03. The van der Waals surface area contributed by atoms with Crippen molar-refractivity contribution in [1.29, 1.82) is 0 Å². The molecule has 0 aliphatic heterocycles. The van der Waals surface area contributed by atoms with Gasteiger partial charge in [0.05, 0.1) is 0 Å². The molecule has 0 atom stereocenters.